The molecular weight excluding hydrogens is 246 g/mol. The second kappa shape index (κ2) is 6.89. The maximum atomic E-state index is 12.2. The molecule has 0 saturated carbocycles. The number of carbonyl (C=O) groups excluding carboxylic acids is 2. The highest BCUT2D eigenvalue weighted by Crippen LogP contribution is 2.21. The molecule has 0 aliphatic carbocycles. The van der Waals surface area contributed by atoms with E-state index in [1.807, 2.05) is 0 Å². The fourth-order valence-electron chi connectivity index (χ4n) is 2.85. The maximum absolute atomic E-state index is 12.2. The van der Waals surface area contributed by atoms with Crippen LogP contribution in [0.3, 0.4) is 0 Å². The third-order valence-corrected chi connectivity index (χ3v) is 3.98. The fourth-order valence-corrected chi connectivity index (χ4v) is 2.85. The van der Waals surface area contributed by atoms with E-state index in [1.165, 1.54) is 7.11 Å². The fraction of sp³-hybridized carbons (Fsp3) is 0.857. The molecule has 2 unspecified atom stereocenters. The SMILES string of the molecule is COC(=O)C1CCCN(C(=O)CC2CCCCO2)C1. The van der Waals surface area contributed by atoms with E-state index in [1.54, 1.807) is 4.90 Å². The molecule has 2 atom stereocenters. The van der Waals surface area contributed by atoms with Gasteiger partial charge >= 0.3 is 5.97 Å². The van der Waals surface area contributed by atoms with Gasteiger partial charge in [-0.3, -0.25) is 9.59 Å². The first kappa shape index (κ1) is 14.3. The Morgan fingerprint density at radius 3 is 2.79 bits per heavy atom. The van der Waals surface area contributed by atoms with Crippen LogP contribution in [0.15, 0.2) is 0 Å². The van der Waals surface area contributed by atoms with Crippen molar-refractivity contribution in [2.45, 2.75) is 44.6 Å². The van der Waals surface area contributed by atoms with Gasteiger partial charge in [0.1, 0.15) is 0 Å². The Morgan fingerprint density at radius 1 is 1.26 bits per heavy atom. The van der Waals surface area contributed by atoms with Crippen molar-refractivity contribution in [3.8, 4) is 0 Å². The van der Waals surface area contributed by atoms with E-state index in [9.17, 15) is 9.59 Å². The van der Waals surface area contributed by atoms with Crippen LogP contribution in [0.4, 0.5) is 0 Å². The Labute approximate surface area is 114 Å². The van der Waals surface area contributed by atoms with Crippen molar-refractivity contribution in [3.63, 3.8) is 0 Å². The third-order valence-electron chi connectivity index (χ3n) is 3.98. The van der Waals surface area contributed by atoms with Gasteiger partial charge in [-0.05, 0) is 32.1 Å². The summed E-state index contributed by atoms with van der Waals surface area (Å²) < 4.78 is 10.4. The van der Waals surface area contributed by atoms with Gasteiger partial charge < -0.3 is 14.4 Å². The zero-order valence-corrected chi connectivity index (χ0v) is 11.6. The Kier molecular flexibility index (Phi) is 5.19. The van der Waals surface area contributed by atoms with Crippen LogP contribution in [0, 0.1) is 5.92 Å². The molecule has 2 aliphatic heterocycles. The van der Waals surface area contributed by atoms with Crippen LogP contribution in [-0.4, -0.2) is 49.7 Å². The van der Waals surface area contributed by atoms with Crippen LogP contribution >= 0.6 is 0 Å². The zero-order valence-electron chi connectivity index (χ0n) is 11.6. The molecule has 2 saturated heterocycles. The molecule has 2 fully saturated rings. The number of ether oxygens (including phenoxy) is 2. The van der Waals surface area contributed by atoms with E-state index in [-0.39, 0.29) is 23.9 Å². The van der Waals surface area contributed by atoms with Crippen LogP contribution in [-0.2, 0) is 19.1 Å². The molecule has 2 heterocycles. The standard InChI is InChI=1S/C14H23NO4/c1-18-14(17)11-5-4-7-15(10-11)13(16)9-12-6-2-3-8-19-12/h11-12H,2-10H2,1H3. The molecule has 108 valence electrons. The summed E-state index contributed by atoms with van der Waals surface area (Å²) in [6, 6.07) is 0. The highest BCUT2D eigenvalue weighted by Gasteiger charge is 2.30. The number of carbonyl (C=O) groups is 2. The molecule has 5 nitrogen and oxygen atoms in total. The van der Waals surface area contributed by atoms with Gasteiger partial charge in [-0.1, -0.05) is 0 Å². The van der Waals surface area contributed by atoms with Crippen LogP contribution in [0.5, 0.6) is 0 Å². The van der Waals surface area contributed by atoms with Gasteiger partial charge in [0, 0.05) is 19.7 Å². The molecule has 0 aromatic heterocycles. The van der Waals surface area contributed by atoms with Gasteiger partial charge in [0.15, 0.2) is 0 Å². The largest absolute Gasteiger partial charge is 0.469 e. The number of likely N-dealkylation sites (tertiary alicyclic amines) is 1. The van der Waals surface area contributed by atoms with Crippen molar-refractivity contribution in [1.29, 1.82) is 0 Å². The van der Waals surface area contributed by atoms with Crippen molar-refractivity contribution in [3.05, 3.63) is 0 Å². The number of piperidine rings is 1. The third kappa shape index (κ3) is 3.93. The molecule has 1 amide bonds. The van der Waals surface area contributed by atoms with Crippen LogP contribution < -0.4 is 0 Å². The minimum Gasteiger partial charge on any atom is -0.469 e. The molecule has 5 heteroatoms. The van der Waals surface area contributed by atoms with Crippen LogP contribution in [0.2, 0.25) is 0 Å². The molecule has 2 aliphatic rings. The van der Waals surface area contributed by atoms with Gasteiger partial charge in [-0.15, -0.1) is 0 Å². The molecule has 0 spiro atoms. The van der Waals surface area contributed by atoms with E-state index in [0.717, 1.165) is 45.3 Å². The second-order valence-electron chi connectivity index (χ2n) is 5.39. The lowest BCUT2D eigenvalue weighted by Crippen LogP contribution is -2.44. The first-order valence-corrected chi connectivity index (χ1v) is 7.18. The lowest BCUT2D eigenvalue weighted by Gasteiger charge is -2.33. The van der Waals surface area contributed by atoms with Gasteiger partial charge in [0.05, 0.1) is 25.6 Å². The Bertz CT molecular complexity index is 325. The second-order valence-corrected chi connectivity index (χ2v) is 5.39. The number of esters is 1. The van der Waals surface area contributed by atoms with E-state index < -0.39 is 0 Å². The first-order chi connectivity index (χ1) is 9.20. The Hall–Kier alpha value is -1.10. The monoisotopic (exact) mass is 269 g/mol. The number of methoxy groups -OCH3 is 1. The zero-order chi connectivity index (χ0) is 13.7. The predicted molar refractivity (Wildman–Crippen MR) is 69.5 cm³/mol. The van der Waals surface area contributed by atoms with Crippen molar-refractivity contribution < 1.29 is 19.1 Å². The van der Waals surface area contributed by atoms with Crippen molar-refractivity contribution in [1.82, 2.24) is 4.90 Å². The smallest absolute Gasteiger partial charge is 0.310 e. The minimum atomic E-state index is -0.202. The average molecular weight is 269 g/mol. The Morgan fingerprint density at radius 2 is 2.11 bits per heavy atom. The summed E-state index contributed by atoms with van der Waals surface area (Å²) in [5.74, 6) is -0.248. The van der Waals surface area contributed by atoms with Crippen molar-refractivity contribution in [2.24, 2.45) is 5.92 Å². The summed E-state index contributed by atoms with van der Waals surface area (Å²) in [6.45, 7) is 2.01. The summed E-state index contributed by atoms with van der Waals surface area (Å²) in [4.78, 5) is 25.6. The number of rotatable bonds is 3. The van der Waals surface area contributed by atoms with Crippen molar-refractivity contribution in [2.75, 3.05) is 26.8 Å². The van der Waals surface area contributed by atoms with Crippen molar-refractivity contribution >= 4 is 11.9 Å². The number of hydrogen-bond donors (Lipinski definition) is 0. The summed E-state index contributed by atoms with van der Waals surface area (Å²) in [7, 11) is 1.40. The molecule has 0 aromatic carbocycles. The predicted octanol–water partition coefficient (Wildman–Crippen LogP) is 1.36. The number of nitrogens with zero attached hydrogens (tertiary/aromatic N) is 1. The summed E-state index contributed by atoms with van der Waals surface area (Å²) in [5.41, 5.74) is 0. The van der Waals surface area contributed by atoms with Gasteiger partial charge in [0.2, 0.25) is 5.91 Å². The Balaban J connectivity index is 1.82. The van der Waals surface area contributed by atoms with Crippen LogP contribution in [0.1, 0.15) is 38.5 Å². The van der Waals surface area contributed by atoms with Gasteiger partial charge in [0.25, 0.3) is 0 Å². The van der Waals surface area contributed by atoms with Crippen LogP contribution in [0.25, 0.3) is 0 Å². The normalized spacial score (nSPS) is 27.9. The van der Waals surface area contributed by atoms with E-state index in [0.29, 0.717) is 13.0 Å². The lowest BCUT2D eigenvalue weighted by atomic mass is 9.97. The topological polar surface area (TPSA) is 55.8 Å². The van der Waals surface area contributed by atoms with E-state index in [4.69, 9.17) is 9.47 Å². The molecule has 2 rings (SSSR count). The highest BCUT2D eigenvalue weighted by atomic mass is 16.5. The maximum Gasteiger partial charge on any atom is 0.310 e. The van der Waals surface area contributed by atoms with E-state index >= 15 is 0 Å². The van der Waals surface area contributed by atoms with Gasteiger partial charge in [-0.2, -0.15) is 0 Å². The lowest BCUT2D eigenvalue weighted by molar-refractivity contribution is -0.149. The molecule has 0 bridgehead atoms. The highest BCUT2D eigenvalue weighted by molar-refractivity contribution is 5.78. The number of hydrogen-bond acceptors (Lipinski definition) is 4. The summed E-state index contributed by atoms with van der Waals surface area (Å²) in [6.07, 6.45) is 5.42. The molecule has 0 N–H and O–H groups in total. The molecule has 19 heavy (non-hydrogen) atoms. The van der Waals surface area contributed by atoms with E-state index in [2.05, 4.69) is 0 Å². The number of amides is 1. The minimum absolute atomic E-state index is 0.0692. The average Bonchev–Trinajstić information content (AvgIpc) is 2.47. The molecule has 0 radical (unpaired) electrons. The molecular formula is C14H23NO4. The summed E-state index contributed by atoms with van der Waals surface area (Å²) >= 11 is 0. The first-order valence-electron chi connectivity index (χ1n) is 7.18. The molecule has 0 aromatic rings. The summed E-state index contributed by atoms with van der Waals surface area (Å²) in [5, 5.41) is 0. The quantitative estimate of drug-likeness (QED) is 0.726. The van der Waals surface area contributed by atoms with Gasteiger partial charge in [-0.25, -0.2) is 0 Å².